The normalized spacial score (nSPS) is 10.7. The van der Waals surface area contributed by atoms with Crippen molar-refractivity contribution >= 4 is 5.84 Å². The molecule has 0 spiro atoms. The minimum atomic E-state index is -0.117. The van der Waals surface area contributed by atoms with Crippen LogP contribution in [0.3, 0.4) is 0 Å². The van der Waals surface area contributed by atoms with Gasteiger partial charge < -0.3 is 10.5 Å². The van der Waals surface area contributed by atoms with Crippen LogP contribution in [-0.4, -0.2) is 25.6 Å². The second kappa shape index (κ2) is 5.05. The van der Waals surface area contributed by atoms with Gasteiger partial charge in [-0.05, 0) is 26.8 Å². The van der Waals surface area contributed by atoms with Gasteiger partial charge in [0.05, 0.1) is 12.4 Å². The number of nitrogens with two attached hydrogens (primary N) is 1. The first-order chi connectivity index (χ1) is 8.95. The molecule has 100 valence electrons. The van der Waals surface area contributed by atoms with Gasteiger partial charge in [0.1, 0.15) is 11.5 Å². The van der Waals surface area contributed by atoms with E-state index in [1.165, 1.54) is 0 Å². The number of nitrogens with zero attached hydrogens (tertiary/aromatic N) is 4. The maximum absolute atomic E-state index is 7.38. The number of hydrogen-bond acceptors (Lipinski definition) is 5. The first kappa shape index (κ1) is 13.0. The van der Waals surface area contributed by atoms with Gasteiger partial charge in [0, 0.05) is 11.7 Å². The van der Waals surface area contributed by atoms with Gasteiger partial charge in [-0.3, -0.25) is 10.1 Å². The number of hydrogen-bond donors (Lipinski definition) is 2. The van der Waals surface area contributed by atoms with Gasteiger partial charge in [-0.1, -0.05) is 0 Å². The first-order valence-corrected chi connectivity index (χ1v) is 5.88. The van der Waals surface area contributed by atoms with Crippen LogP contribution in [0.15, 0.2) is 18.5 Å². The SMILES string of the molecule is Cc1cc(C(=N)N)nc(Oc2cnn(C(C)C)c2)n1. The van der Waals surface area contributed by atoms with Crippen molar-refractivity contribution < 1.29 is 4.74 Å². The van der Waals surface area contributed by atoms with Crippen molar-refractivity contribution in [2.45, 2.75) is 26.8 Å². The molecule has 0 saturated carbocycles. The van der Waals surface area contributed by atoms with E-state index in [0.29, 0.717) is 17.1 Å². The predicted molar refractivity (Wildman–Crippen MR) is 70.5 cm³/mol. The molecule has 7 heteroatoms. The number of aryl methyl sites for hydroxylation is 1. The highest BCUT2D eigenvalue weighted by molar-refractivity contribution is 5.93. The number of aromatic nitrogens is 4. The number of nitrogens with one attached hydrogen (secondary N) is 1. The van der Waals surface area contributed by atoms with Crippen LogP contribution in [0.5, 0.6) is 11.8 Å². The van der Waals surface area contributed by atoms with Crippen LogP contribution >= 0.6 is 0 Å². The molecule has 0 aliphatic heterocycles. The molecule has 7 nitrogen and oxygen atoms in total. The Balaban J connectivity index is 2.24. The van der Waals surface area contributed by atoms with Crippen molar-refractivity contribution in [1.29, 1.82) is 5.41 Å². The summed E-state index contributed by atoms with van der Waals surface area (Å²) in [6.07, 6.45) is 3.36. The third-order valence-electron chi connectivity index (χ3n) is 2.43. The fraction of sp³-hybridized carbons (Fsp3) is 0.333. The molecule has 2 aromatic rings. The van der Waals surface area contributed by atoms with Gasteiger partial charge in [-0.25, -0.2) is 4.98 Å². The van der Waals surface area contributed by atoms with E-state index in [9.17, 15) is 0 Å². The third-order valence-corrected chi connectivity index (χ3v) is 2.43. The summed E-state index contributed by atoms with van der Waals surface area (Å²) in [4.78, 5) is 8.21. The Morgan fingerprint density at radius 3 is 2.74 bits per heavy atom. The van der Waals surface area contributed by atoms with Gasteiger partial charge in [-0.15, -0.1) is 0 Å². The average molecular weight is 260 g/mol. The molecule has 0 aliphatic carbocycles. The van der Waals surface area contributed by atoms with E-state index >= 15 is 0 Å². The lowest BCUT2D eigenvalue weighted by molar-refractivity contribution is 0.437. The smallest absolute Gasteiger partial charge is 0.322 e. The molecule has 0 aliphatic rings. The molecule has 0 amide bonds. The zero-order valence-electron chi connectivity index (χ0n) is 11.1. The standard InChI is InChI=1S/C12H16N6O/c1-7(2)18-6-9(5-15-18)19-12-16-8(3)4-10(17-12)11(13)14/h4-7H,1-3H3,(H3,13,14). The van der Waals surface area contributed by atoms with Crippen molar-refractivity contribution in [3.8, 4) is 11.8 Å². The molecule has 0 unspecified atom stereocenters. The Morgan fingerprint density at radius 1 is 1.42 bits per heavy atom. The summed E-state index contributed by atoms with van der Waals surface area (Å²) in [6, 6.07) is 2.05. The number of ether oxygens (including phenoxy) is 1. The lowest BCUT2D eigenvalue weighted by atomic mass is 10.3. The van der Waals surface area contributed by atoms with Crippen LogP contribution in [0.1, 0.15) is 31.3 Å². The van der Waals surface area contributed by atoms with Crippen LogP contribution in [0, 0.1) is 12.3 Å². The number of amidine groups is 1. The first-order valence-electron chi connectivity index (χ1n) is 5.88. The molecule has 0 saturated heterocycles. The van der Waals surface area contributed by atoms with E-state index in [1.807, 2.05) is 13.8 Å². The third kappa shape index (κ3) is 3.06. The molecule has 0 radical (unpaired) electrons. The van der Waals surface area contributed by atoms with Gasteiger partial charge >= 0.3 is 6.01 Å². The molecule has 0 atom stereocenters. The van der Waals surface area contributed by atoms with E-state index in [2.05, 4.69) is 15.1 Å². The predicted octanol–water partition coefficient (Wildman–Crippen LogP) is 1.64. The van der Waals surface area contributed by atoms with Crippen molar-refractivity contribution in [3.05, 3.63) is 29.8 Å². The molecule has 2 heterocycles. The van der Waals surface area contributed by atoms with E-state index in [1.54, 1.807) is 30.1 Å². The largest absolute Gasteiger partial charge is 0.421 e. The topological polar surface area (TPSA) is 103 Å². The summed E-state index contributed by atoms with van der Waals surface area (Å²) in [5, 5.41) is 11.5. The minimum absolute atomic E-state index is 0.117. The lowest BCUT2D eigenvalue weighted by Crippen LogP contribution is -2.14. The second-order valence-corrected chi connectivity index (χ2v) is 4.44. The molecule has 0 aromatic carbocycles. The van der Waals surface area contributed by atoms with Gasteiger partial charge in [0.25, 0.3) is 0 Å². The average Bonchev–Trinajstić information content (AvgIpc) is 2.76. The van der Waals surface area contributed by atoms with Gasteiger partial charge in [-0.2, -0.15) is 10.1 Å². The van der Waals surface area contributed by atoms with Crippen molar-refractivity contribution in [2.24, 2.45) is 5.73 Å². The highest BCUT2D eigenvalue weighted by atomic mass is 16.5. The summed E-state index contributed by atoms with van der Waals surface area (Å²) in [5.41, 5.74) is 6.44. The highest BCUT2D eigenvalue weighted by Gasteiger charge is 2.09. The summed E-state index contributed by atoms with van der Waals surface area (Å²) < 4.78 is 7.30. The monoisotopic (exact) mass is 260 g/mol. The molecule has 19 heavy (non-hydrogen) atoms. The van der Waals surface area contributed by atoms with Crippen LogP contribution < -0.4 is 10.5 Å². The zero-order chi connectivity index (χ0) is 14.0. The Labute approximate surface area is 110 Å². The zero-order valence-corrected chi connectivity index (χ0v) is 11.1. The molecule has 2 rings (SSSR count). The van der Waals surface area contributed by atoms with E-state index in [4.69, 9.17) is 15.9 Å². The quantitative estimate of drug-likeness (QED) is 0.642. The molecule has 3 N–H and O–H groups in total. The molecule has 0 bridgehead atoms. The minimum Gasteiger partial charge on any atom is -0.421 e. The summed E-state index contributed by atoms with van der Waals surface area (Å²) >= 11 is 0. The summed E-state index contributed by atoms with van der Waals surface area (Å²) in [5.74, 6) is 0.432. The van der Waals surface area contributed by atoms with E-state index in [-0.39, 0.29) is 17.9 Å². The Bertz CT molecular complexity index is 604. The van der Waals surface area contributed by atoms with Crippen LogP contribution in [0.2, 0.25) is 0 Å². The fourth-order valence-corrected chi connectivity index (χ4v) is 1.49. The Kier molecular flexibility index (Phi) is 3.46. The van der Waals surface area contributed by atoms with Crippen LogP contribution in [-0.2, 0) is 0 Å². The van der Waals surface area contributed by atoms with Gasteiger partial charge in [0.2, 0.25) is 0 Å². The van der Waals surface area contributed by atoms with Gasteiger partial charge in [0.15, 0.2) is 5.75 Å². The van der Waals surface area contributed by atoms with Crippen LogP contribution in [0.4, 0.5) is 0 Å². The maximum atomic E-state index is 7.38. The molecule has 0 fully saturated rings. The van der Waals surface area contributed by atoms with Crippen molar-refractivity contribution in [3.63, 3.8) is 0 Å². The van der Waals surface area contributed by atoms with Crippen molar-refractivity contribution in [2.75, 3.05) is 0 Å². The van der Waals surface area contributed by atoms with Crippen LogP contribution in [0.25, 0.3) is 0 Å². The Hall–Kier alpha value is -2.44. The lowest BCUT2D eigenvalue weighted by Gasteiger charge is -2.05. The van der Waals surface area contributed by atoms with E-state index in [0.717, 1.165) is 0 Å². The fourth-order valence-electron chi connectivity index (χ4n) is 1.49. The number of nitrogen functional groups attached to an aromatic ring is 1. The number of rotatable bonds is 4. The van der Waals surface area contributed by atoms with E-state index < -0.39 is 0 Å². The molecular formula is C12H16N6O. The molecule has 2 aromatic heterocycles. The molecular weight excluding hydrogens is 244 g/mol. The van der Waals surface area contributed by atoms with Crippen molar-refractivity contribution in [1.82, 2.24) is 19.7 Å². The maximum Gasteiger partial charge on any atom is 0.322 e. The Morgan fingerprint density at radius 2 is 2.16 bits per heavy atom. The summed E-state index contributed by atoms with van der Waals surface area (Å²) in [6.45, 7) is 5.83. The second-order valence-electron chi connectivity index (χ2n) is 4.44. The highest BCUT2D eigenvalue weighted by Crippen LogP contribution is 2.19. The summed E-state index contributed by atoms with van der Waals surface area (Å²) in [7, 11) is 0.